The zero-order valence-corrected chi connectivity index (χ0v) is 11.3. The second-order valence-electron chi connectivity index (χ2n) is 4.10. The molecule has 20 heavy (non-hydrogen) atoms. The van der Waals surface area contributed by atoms with Gasteiger partial charge < -0.3 is 21.1 Å². The van der Waals surface area contributed by atoms with Crippen molar-refractivity contribution in [2.24, 2.45) is 5.73 Å². The van der Waals surface area contributed by atoms with E-state index in [0.29, 0.717) is 11.3 Å². The molecule has 7 nitrogen and oxygen atoms in total. The van der Waals surface area contributed by atoms with Gasteiger partial charge in [-0.15, -0.1) is 0 Å². The summed E-state index contributed by atoms with van der Waals surface area (Å²) in [6, 6.07) is 5.66. The Morgan fingerprint density at radius 2 is 1.85 bits per heavy atom. The van der Waals surface area contributed by atoms with Crippen molar-refractivity contribution in [2.75, 3.05) is 19.0 Å². The first-order valence-electron chi connectivity index (χ1n) is 5.92. The number of hydrogen-bond acceptors (Lipinski definition) is 5. The molecule has 0 aliphatic heterocycles. The number of hydrogen-bond donors (Lipinski definition) is 3. The SMILES string of the molecule is COC(=O)C(CNc1ccc(C(N)=O)cc1)NC(C)=O. The highest BCUT2D eigenvalue weighted by molar-refractivity contribution is 5.93. The zero-order valence-electron chi connectivity index (χ0n) is 11.3. The van der Waals surface area contributed by atoms with Crippen LogP contribution in [0.25, 0.3) is 0 Å². The maximum absolute atomic E-state index is 11.5. The van der Waals surface area contributed by atoms with Crippen molar-refractivity contribution in [1.82, 2.24) is 5.32 Å². The van der Waals surface area contributed by atoms with Crippen molar-refractivity contribution in [3.05, 3.63) is 29.8 Å². The van der Waals surface area contributed by atoms with E-state index < -0.39 is 17.9 Å². The van der Waals surface area contributed by atoms with Gasteiger partial charge in [-0.05, 0) is 24.3 Å². The van der Waals surface area contributed by atoms with Crippen LogP contribution in [0.15, 0.2) is 24.3 Å². The van der Waals surface area contributed by atoms with Crippen LogP contribution in [-0.2, 0) is 14.3 Å². The predicted octanol–water partition coefficient (Wildman–Crippen LogP) is -0.125. The molecule has 0 aliphatic rings. The second-order valence-corrected chi connectivity index (χ2v) is 4.10. The summed E-state index contributed by atoms with van der Waals surface area (Å²) < 4.78 is 4.60. The normalized spacial score (nSPS) is 11.3. The van der Waals surface area contributed by atoms with Gasteiger partial charge >= 0.3 is 5.97 Å². The molecule has 0 fully saturated rings. The number of carbonyl (C=O) groups is 3. The first-order valence-corrected chi connectivity index (χ1v) is 5.92. The average molecular weight is 279 g/mol. The van der Waals surface area contributed by atoms with E-state index in [1.807, 2.05) is 0 Å². The molecule has 2 amide bonds. The van der Waals surface area contributed by atoms with Crippen molar-refractivity contribution in [2.45, 2.75) is 13.0 Å². The molecular formula is C13H17N3O4. The minimum Gasteiger partial charge on any atom is -0.467 e. The third-order valence-electron chi connectivity index (χ3n) is 2.54. The lowest BCUT2D eigenvalue weighted by molar-refractivity contribution is -0.144. The number of nitrogens with one attached hydrogen (secondary N) is 2. The number of nitrogens with two attached hydrogens (primary N) is 1. The first-order chi connectivity index (χ1) is 9.43. The molecule has 0 aliphatic carbocycles. The lowest BCUT2D eigenvalue weighted by Gasteiger charge is -2.16. The van der Waals surface area contributed by atoms with Gasteiger partial charge in [-0.3, -0.25) is 9.59 Å². The number of ether oxygens (including phenoxy) is 1. The largest absolute Gasteiger partial charge is 0.467 e. The fourth-order valence-electron chi connectivity index (χ4n) is 1.55. The van der Waals surface area contributed by atoms with Gasteiger partial charge in [-0.25, -0.2) is 4.79 Å². The second kappa shape index (κ2) is 7.13. The van der Waals surface area contributed by atoms with E-state index in [0.717, 1.165) is 0 Å². The summed E-state index contributed by atoms with van der Waals surface area (Å²) in [5.41, 5.74) is 6.21. The molecule has 0 saturated heterocycles. The molecule has 0 saturated carbocycles. The maximum atomic E-state index is 11.5. The molecule has 0 aromatic heterocycles. The Hall–Kier alpha value is -2.57. The summed E-state index contributed by atoms with van der Waals surface area (Å²) >= 11 is 0. The number of carbonyl (C=O) groups excluding carboxylic acids is 3. The Morgan fingerprint density at radius 1 is 1.25 bits per heavy atom. The Balaban J connectivity index is 2.64. The molecule has 0 heterocycles. The summed E-state index contributed by atoms with van der Waals surface area (Å²) in [5.74, 6) is -1.38. The molecule has 0 bridgehead atoms. The van der Waals surface area contributed by atoms with Crippen LogP contribution in [0.3, 0.4) is 0 Å². The Bertz CT molecular complexity index is 499. The monoisotopic (exact) mass is 279 g/mol. The van der Waals surface area contributed by atoms with Gasteiger partial charge in [0.25, 0.3) is 0 Å². The van der Waals surface area contributed by atoms with E-state index in [-0.39, 0.29) is 12.5 Å². The Morgan fingerprint density at radius 3 is 2.30 bits per heavy atom. The van der Waals surface area contributed by atoms with Crippen LogP contribution in [0.1, 0.15) is 17.3 Å². The standard InChI is InChI=1S/C13H17N3O4/c1-8(17)16-11(13(19)20-2)7-15-10-5-3-9(4-6-10)12(14)18/h3-6,11,15H,7H2,1-2H3,(H2,14,18)(H,16,17). The maximum Gasteiger partial charge on any atom is 0.330 e. The highest BCUT2D eigenvalue weighted by atomic mass is 16.5. The number of rotatable bonds is 6. The molecule has 1 rings (SSSR count). The summed E-state index contributed by atoms with van der Waals surface area (Å²) in [6.07, 6.45) is 0. The molecule has 0 radical (unpaired) electrons. The molecule has 1 aromatic rings. The molecule has 1 aromatic carbocycles. The van der Waals surface area contributed by atoms with Gasteiger partial charge in [-0.1, -0.05) is 0 Å². The van der Waals surface area contributed by atoms with Crippen LogP contribution in [0, 0.1) is 0 Å². The lowest BCUT2D eigenvalue weighted by atomic mass is 10.2. The van der Waals surface area contributed by atoms with Gasteiger partial charge in [0, 0.05) is 24.7 Å². The third kappa shape index (κ3) is 4.60. The van der Waals surface area contributed by atoms with Crippen molar-refractivity contribution < 1.29 is 19.1 Å². The summed E-state index contributed by atoms with van der Waals surface area (Å²) in [6.45, 7) is 1.49. The van der Waals surface area contributed by atoms with Crippen LogP contribution in [0.2, 0.25) is 0 Å². The quantitative estimate of drug-likeness (QED) is 0.628. The van der Waals surface area contributed by atoms with E-state index >= 15 is 0 Å². The van der Waals surface area contributed by atoms with E-state index in [1.165, 1.54) is 14.0 Å². The van der Waals surface area contributed by atoms with Crippen molar-refractivity contribution in [3.8, 4) is 0 Å². The van der Waals surface area contributed by atoms with Crippen LogP contribution >= 0.6 is 0 Å². The van der Waals surface area contributed by atoms with Crippen molar-refractivity contribution in [1.29, 1.82) is 0 Å². The predicted molar refractivity (Wildman–Crippen MR) is 73.1 cm³/mol. The molecule has 1 atom stereocenters. The molecular weight excluding hydrogens is 262 g/mol. The number of methoxy groups -OCH3 is 1. The van der Waals surface area contributed by atoms with Crippen LogP contribution in [0.4, 0.5) is 5.69 Å². The fourth-order valence-corrected chi connectivity index (χ4v) is 1.55. The van der Waals surface area contributed by atoms with Crippen molar-refractivity contribution in [3.63, 3.8) is 0 Å². The van der Waals surface area contributed by atoms with Gasteiger partial charge in [-0.2, -0.15) is 0 Å². The highest BCUT2D eigenvalue weighted by Crippen LogP contribution is 2.09. The van der Waals surface area contributed by atoms with E-state index in [4.69, 9.17) is 5.73 Å². The van der Waals surface area contributed by atoms with Gasteiger partial charge in [0.15, 0.2) is 0 Å². The number of benzene rings is 1. The minimum atomic E-state index is -0.784. The van der Waals surface area contributed by atoms with Crippen LogP contribution in [0.5, 0.6) is 0 Å². The van der Waals surface area contributed by atoms with E-state index in [2.05, 4.69) is 15.4 Å². The Kier molecular flexibility index (Phi) is 5.52. The Labute approximate surface area is 116 Å². The molecule has 7 heteroatoms. The summed E-state index contributed by atoms with van der Waals surface area (Å²) in [4.78, 5) is 33.4. The van der Waals surface area contributed by atoms with Gasteiger partial charge in [0.1, 0.15) is 6.04 Å². The number of anilines is 1. The average Bonchev–Trinajstić information content (AvgIpc) is 2.42. The molecule has 4 N–H and O–H groups in total. The first kappa shape index (κ1) is 15.5. The molecule has 0 spiro atoms. The highest BCUT2D eigenvalue weighted by Gasteiger charge is 2.19. The number of primary amides is 1. The number of amides is 2. The van der Waals surface area contributed by atoms with Crippen LogP contribution in [-0.4, -0.2) is 37.5 Å². The molecule has 1 unspecified atom stereocenters. The summed E-state index contributed by atoms with van der Waals surface area (Å²) in [7, 11) is 1.25. The lowest BCUT2D eigenvalue weighted by Crippen LogP contribution is -2.45. The van der Waals surface area contributed by atoms with Crippen molar-refractivity contribution >= 4 is 23.5 Å². The smallest absolute Gasteiger partial charge is 0.330 e. The minimum absolute atomic E-state index is 0.169. The van der Waals surface area contributed by atoms with Gasteiger partial charge in [0.2, 0.25) is 11.8 Å². The zero-order chi connectivity index (χ0) is 15.1. The van der Waals surface area contributed by atoms with Crippen LogP contribution < -0.4 is 16.4 Å². The fraction of sp³-hybridized carbons (Fsp3) is 0.308. The summed E-state index contributed by atoms with van der Waals surface area (Å²) in [5, 5.41) is 5.44. The third-order valence-corrected chi connectivity index (χ3v) is 2.54. The number of esters is 1. The molecule has 108 valence electrons. The van der Waals surface area contributed by atoms with E-state index in [9.17, 15) is 14.4 Å². The van der Waals surface area contributed by atoms with Gasteiger partial charge in [0.05, 0.1) is 7.11 Å². The topological polar surface area (TPSA) is 111 Å². The van der Waals surface area contributed by atoms with E-state index in [1.54, 1.807) is 24.3 Å².